The van der Waals surface area contributed by atoms with Gasteiger partial charge in [0.15, 0.2) is 0 Å². The fourth-order valence-electron chi connectivity index (χ4n) is 2.58. The predicted octanol–water partition coefficient (Wildman–Crippen LogP) is 0.398. The molecular weight excluding hydrogens is 364 g/mol. The molecule has 10 nitrogen and oxygen atoms in total. The van der Waals surface area contributed by atoms with E-state index in [1.807, 2.05) is 0 Å². The van der Waals surface area contributed by atoms with E-state index in [9.17, 15) is 14.4 Å². The van der Waals surface area contributed by atoms with E-state index < -0.39 is 0 Å². The highest BCUT2D eigenvalue weighted by atomic mass is 16.5. The molecule has 0 aliphatic carbocycles. The number of benzene rings is 1. The first-order chi connectivity index (χ1) is 13.5. The number of hydrogen-bond donors (Lipinski definition) is 5. The van der Waals surface area contributed by atoms with Crippen LogP contribution in [0.1, 0.15) is 6.92 Å². The first-order valence-corrected chi connectivity index (χ1v) is 9.27. The first-order valence-electron chi connectivity index (χ1n) is 9.27. The zero-order chi connectivity index (χ0) is 20.2. The van der Waals surface area contributed by atoms with Gasteiger partial charge in [-0.25, -0.2) is 9.59 Å². The lowest BCUT2D eigenvalue weighted by molar-refractivity contribution is -0.114. The van der Waals surface area contributed by atoms with Crippen LogP contribution in [0.2, 0.25) is 0 Å². The lowest BCUT2D eigenvalue weighted by Crippen LogP contribution is -2.45. The van der Waals surface area contributed by atoms with Crippen LogP contribution in [0.15, 0.2) is 24.3 Å². The number of carbonyl (C=O) groups is 3. The van der Waals surface area contributed by atoms with Gasteiger partial charge in [0.25, 0.3) is 0 Å². The Bertz CT molecular complexity index is 646. The molecule has 1 aliphatic heterocycles. The Morgan fingerprint density at radius 2 is 1.39 bits per heavy atom. The summed E-state index contributed by atoms with van der Waals surface area (Å²) < 4.78 is 5.27. The molecule has 5 amide bonds. The van der Waals surface area contributed by atoms with Crippen LogP contribution in [0.25, 0.3) is 0 Å². The highest BCUT2D eigenvalue weighted by molar-refractivity contribution is 5.91. The van der Waals surface area contributed by atoms with E-state index in [0.717, 1.165) is 32.8 Å². The van der Waals surface area contributed by atoms with Crippen LogP contribution in [0, 0.1) is 0 Å². The molecule has 0 saturated carbocycles. The minimum absolute atomic E-state index is 0.156. The normalized spacial score (nSPS) is 14.0. The molecule has 0 bridgehead atoms. The Labute approximate surface area is 164 Å². The van der Waals surface area contributed by atoms with E-state index in [2.05, 4.69) is 31.5 Å². The largest absolute Gasteiger partial charge is 0.379 e. The van der Waals surface area contributed by atoms with Crippen LogP contribution in [-0.2, 0) is 9.53 Å². The van der Waals surface area contributed by atoms with Gasteiger partial charge in [0.2, 0.25) is 5.91 Å². The molecule has 5 N–H and O–H groups in total. The number of anilines is 2. The maximum Gasteiger partial charge on any atom is 0.319 e. The van der Waals surface area contributed by atoms with Gasteiger partial charge in [-0.15, -0.1) is 0 Å². The molecule has 0 unspecified atom stereocenters. The van der Waals surface area contributed by atoms with Gasteiger partial charge in [-0.1, -0.05) is 0 Å². The van der Waals surface area contributed by atoms with Crippen molar-refractivity contribution in [3.63, 3.8) is 0 Å². The third-order valence-corrected chi connectivity index (χ3v) is 3.98. The smallest absolute Gasteiger partial charge is 0.319 e. The predicted molar refractivity (Wildman–Crippen MR) is 106 cm³/mol. The number of rotatable bonds is 8. The number of hydrogen-bond acceptors (Lipinski definition) is 5. The molecule has 1 heterocycles. The van der Waals surface area contributed by atoms with Crippen molar-refractivity contribution in [1.29, 1.82) is 0 Å². The SMILES string of the molecule is CC(=O)Nc1ccc(NC(=O)NCCNC(=O)NCCN2CCOCC2)cc1. The summed E-state index contributed by atoms with van der Waals surface area (Å²) in [5.41, 5.74) is 1.25. The van der Waals surface area contributed by atoms with Crippen molar-refractivity contribution in [2.75, 3.05) is 63.1 Å². The second-order valence-electron chi connectivity index (χ2n) is 6.28. The third kappa shape index (κ3) is 8.69. The first kappa shape index (κ1) is 21.5. The van der Waals surface area contributed by atoms with Crippen LogP contribution >= 0.6 is 0 Å². The maximum absolute atomic E-state index is 11.8. The van der Waals surface area contributed by atoms with E-state index in [4.69, 9.17) is 4.74 Å². The van der Waals surface area contributed by atoms with Crippen LogP contribution in [0.4, 0.5) is 21.0 Å². The van der Waals surface area contributed by atoms with Crippen molar-refractivity contribution >= 4 is 29.3 Å². The maximum atomic E-state index is 11.8. The summed E-state index contributed by atoms with van der Waals surface area (Å²) >= 11 is 0. The summed E-state index contributed by atoms with van der Waals surface area (Å²) in [7, 11) is 0. The van der Waals surface area contributed by atoms with E-state index in [0.29, 0.717) is 31.0 Å². The Morgan fingerprint density at radius 3 is 2.00 bits per heavy atom. The second kappa shape index (κ2) is 11.8. The fraction of sp³-hybridized carbons (Fsp3) is 0.500. The van der Waals surface area contributed by atoms with Crippen LogP contribution in [0.5, 0.6) is 0 Å². The molecule has 1 fully saturated rings. The fourth-order valence-corrected chi connectivity index (χ4v) is 2.58. The standard InChI is InChI=1S/C18H28N6O4/c1-14(25)22-15-2-4-16(5-3-15)23-18(27)20-7-6-19-17(26)21-8-9-24-10-12-28-13-11-24/h2-5H,6-13H2,1H3,(H,22,25)(H2,19,21,26)(H2,20,23,27). The second-order valence-corrected chi connectivity index (χ2v) is 6.28. The zero-order valence-corrected chi connectivity index (χ0v) is 16.0. The summed E-state index contributed by atoms with van der Waals surface area (Å²) in [6, 6.07) is 6.13. The van der Waals surface area contributed by atoms with Gasteiger partial charge in [-0.05, 0) is 24.3 Å². The molecule has 2 rings (SSSR count). The van der Waals surface area contributed by atoms with Gasteiger partial charge >= 0.3 is 12.1 Å². The van der Waals surface area contributed by atoms with Gasteiger partial charge < -0.3 is 31.3 Å². The Kier molecular flexibility index (Phi) is 9.02. The van der Waals surface area contributed by atoms with E-state index in [1.165, 1.54) is 6.92 Å². The average Bonchev–Trinajstić information content (AvgIpc) is 2.67. The number of ether oxygens (including phenoxy) is 1. The number of nitrogens with one attached hydrogen (secondary N) is 5. The lowest BCUT2D eigenvalue weighted by atomic mass is 10.3. The monoisotopic (exact) mass is 392 g/mol. The quantitative estimate of drug-likeness (QED) is 0.410. The Morgan fingerprint density at radius 1 is 0.857 bits per heavy atom. The molecule has 0 radical (unpaired) electrons. The summed E-state index contributed by atoms with van der Waals surface area (Å²) in [5, 5.41) is 13.5. The number of amides is 5. The van der Waals surface area contributed by atoms with E-state index in [1.54, 1.807) is 24.3 Å². The number of urea groups is 2. The van der Waals surface area contributed by atoms with Crippen LogP contribution in [-0.4, -0.2) is 75.4 Å². The topological polar surface area (TPSA) is 124 Å². The van der Waals surface area contributed by atoms with Crippen molar-refractivity contribution in [3.8, 4) is 0 Å². The zero-order valence-electron chi connectivity index (χ0n) is 16.0. The molecule has 10 heteroatoms. The Hall–Kier alpha value is -2.85. The molecule has 1 aromatic rings. The van der Waals surface area contributed by atoms with Crippen LogP contribution in [0.3, 0.4) is 0 Å². The highest BCUT2D eigenvalue weighted by Gasteiger charge is 2.10. The molecule has 154 valence electrons. The van der Waals surface area contributed by atoms with Gasteiger partial charge in [0, 0.05) is 57.6 Å². The lowest BCUT2D eigenvalue weighted by Gasteiger charge is -2.26. The third-order valence-electron chi connectivity index (χ3n) is 3.98. The van der Waals surface area contributed by atoms with E-state index in [-0.39, 0.29) is 18.0 Å². The molecule has 28 heavy (non-hydrogen) atoms. The molecule has 1 saturated heterocycles. The van der Waals surface area contributed by atoms with Gasteiger partial charge in [-0.3, -0.25) is 9.69 Å². The molecule has 1 aromatic carbocycles. The summed E-state index contributed by atoms with van der Waals surface area (Å²) in [6.07, 6.45) is 0. The van der Waals surface area contributed by atoms with Gasteiger partial charge in [-0.2, -0.15) is 0 Å². The molecule has 0 atom stereocenters. The van der Waals surface area contributed by atoms with E-state index >= 15 is 0 Å². The average molecular weight is 392 g/mol. The summed E-state index contributed by atoms with van der Waals surface area (Å²) in [5.74, 6) is -0.156. The van der Waals surface area contributed by atoms with Crippen molar-refractivity contribution in [3.05, 3.63) is 24.3 Å². The molecule has 1 aliphatic rings. The van der Waals surface area contributed by atoms with Gasteiger partial charge in [0.05, 0.1) is 13.2 Å². The summed E-state index contributed by atoms with van der Waals surface area (Å²) in [4.78, 5) is 36.7. The number of morpholine rings is 1. The van der Waals surface area contributed by atoms with Crippen molar-refractivity contribution in [1.82, 2.24) is 20.9 Å². The van der Waals surface area contributed by atoms with Crippen molar-refractivity contribution in [2.24, 2.45) is 0 Å². The van der Waals surface area contributed by atoms with Crippen LogP contribution < -0.4 is 26.6 Å². The highest BCUT2D eigenvalue weighted by Crippen LogP contribution is 2.13. The molecular formula is C18H28N6O4. The van der Waals surface area contributed by atoms with Gasteiger partial charge in [0.1, 0.15) is 0 Å². The molecule has 0 aromatic heterocycles. The summed E-state index contributed by atoms with van der Waals surface area (Å²) in [6.45, 7) is 6.64. The minimum atomic E-state index is -0.373. The number of carbonyl (C=O) groups excluding carboxylic acids is 3. The minimum Gasteiger partial charge on any atom is -0.379 e. The molecule has 0 spiro atoms. The number of nitrogens with zero attached hydrogens (tertiary/aromatic N) is 1. The van der Waals surface area contributed by atoms with Crippen molar-refractivity contribution < 1.29 is 19.1 Å². The Balaban J connectivity index is 1.52. The van der Waals surface area contributed by atoms with Crippen molar-refractivity contribution in [2.45, 2.75) is 6.92 Å².